The Morgan fingerprint density at radius 2 is 1.82 bits per heavy atom. The first kappa shape index (κ1) is 27.9. The molecular weight excluding hydrogens is 532 g/mol. The molecule has 0 spiro atoms. The van der Waals surface area contributed by atoms with E-state index >= 15 is 0 Å². The fourth-order valence-electron chi connectivity index (χ4n) is 5.77. The van der Waals surface area contributed by atoms with Crippen LogP contribution in [0, 0.1) is 0 Å². The molecule has 39 heavy (non-hydrogen) atoms. The Balaban J connectivity index is 1.51. The molecule has 2 aliphatic rings. The zero-order valence-electron chi connectivity index (χ0n) is 22.3. The molecule has 0 N–H and O–H groups in total. The zero-order chi connectivity index (χ0) is 27.4. The molecular formula is C33H34Cl2FNO2. The van der Waals surface area contributed by atoms with Crippen LogP contribution in [0.5, 0.6) is 5.75 Å². The van der Waals surface area contributed by atoms with Gasteiger partial charge in [-0.1, -0.05) is 60.5 Å². The van der Waals surface area contributed by atoms with Crippen molar-refractivity contribution in [3.05, 3.63) is 98.5 Å². The van der Waals surface area contributed by atoms with Gasteiger partial charge in [0.05, 0.1) is 6.67 Å². The summed E-state index contributed by atoms with van der Waals surface area (Å²) in [5.41, 5.74) is 7.46. The molecule has 1 atom stereocenters. The molecule has 0 saturated carbocycles. The molecule has 3 nitrogen and oxygen atoms in total. The van der Waals surface area contributed by atoms with E-state index in [1.807, 2.05) is 37.3 Å². The molecule has 0 aromatic heterocycles. The Hall–Kier alpha value is -2.66. The third kappa shape index (κ3) is 6.40. The SMILES string of the molecule is CCC(=O)c1ccc2c(c1)CCCC(c1ccc(Cl)cc1Cl)=C2c1ccc(O[C@H]2CCN(CCCF)C2)cc1. The number of halogens is 3. The molecule has 5 rings (SSSR count). The summed E-state index contributed by atoms with van der Waals surface area (Å²) < 4.78 is 18.9. The van der Waals surface area contributed by atoms with Crippen molar-refractivity contribution >= 4 is 40.1 Å². The van der Waals surface area contributed by atoms with Crippen LogP contribution >= 0.6 is 23.2 Å². The number of ketones is 1. The van der Waals surface area contributed by atoms with Crippen molar-refractivity contribution in [2.75, 3.05) is 26.3 Å². The van der Waals surface area contributed by atoms with E-state index in [0.29, 0.717) is 22.9 Å². The van der Waals surface area contributed by atoms with Gasteiger partial charge in [-0.15, -0.1) is 0 Å². The molecule has 1 aliphatic heterocycles. The van der Waals surface area contributed by atoms with Crippen molar-refractivity contribution in [2.24, 2.45) is 0 Å². The number of benzene rings is 3. The minimum atomic E-state index is -0.276. The fourth-order valence-corrected chi connectivity index (χ4v) is 6.29. The van der Waals surface area contributed by atoms with Crippen LogP contribution in [0.3, 0.4) is 0 Å². The predicted octanol–water partition coefficient (Wildman–Crippen LogP) is 8.69. The molecule has 0 bridgehead atoms. The van der Waals surface area contributed by atoms with Gasteiger partial charge in [0, 0.05) is 41.7 Å². The Labute approximate surface area is 240 Å². The molecule has 3 aromatic rings. The van der Waals surface area contributed by atoms with Gasteiger partial charge in [0.2, 0.25) is 0 Å². The third-order valence-corrected chi connectivity index (χ3v) is 8.28. The number of likely N-dealkylation sites (tertiary alicyclic amines) is 1. The Morgan fingerprint density at radius 1 is 1.03 bits per heavy atom. The molecule has 3 aromatic carbocycles. The van der Waals surface area contributed by atoms with E-state index in [-0.39, 0.29) is 18.6 Å². The molecule has 1 fully saturated rings. The van der Waals surface area contributed by atoms with Crippen LogP contribution < -0.4 is 4.74 Å². The maximum Gasteiger partial charge on any atom is 0.162 e. The van der Waals surface area contributed by atoms with Gasteiger partial charge in [-0.05, 0) is 95.8 Å². The van der Waals surface area contributed by atoms with Gasteiger partial charge in [0.25, 0.3) is 0 Å². The first-order chi connectivity index (χ1) is 19.0. The molecule has 6 heteroatoms. The second kappa shape index (κ2) is 12.7. The highest BCUT2D eigenvalue weighted by Gasteiger charge is 2.25. The number of carbonyl (C=O) groups is 1. The normalized spacial score (nSPS) is 17.7. The Kier molecular flexibility index (Phi) is 9.06. The van der Waals surface area contributed by atoms with Crippen molar-refractivity contribution < 1.29 is 13.9 Å². The highest BCUT2D eigenvalue weighted by molar-refractivity contribution is 6.36. The van der Waals surface area contributed by atoms with E-state index in [9.17, 15) is 9.18 Å². The van der Waals surface area contributed by atoms with E-state index in [4.69, 9.17) is 27.9 Å². The first-order valence-corrected chi connectivity index (χ1v) is 14.6. The number of nitrogens with zero attached hydrogens (tertiary/aromatic N) is 1. The summed E-state index contributed by atoms with van der Waals surface area (Å²) in [4.78, 5) is 14.7. The van der Waals surface area contributed by atoms with Crippen LogP contribution in [0.1, 0.15) is 71.6 Å². The number of carbonyl (C=O) groups excluding carboxylic acids is 1. The van der Waals surface area contributed by atoms with E-state index in [1.165, 1.54) is 11.1 Å². The minimum Gasteiger partial charge on any atom is -0.489 e. The summed E-state index contributed by atoms with van der Waals surface area (Å²) in [5.74, 6) is 0.991. The van der Waals surface area contributed by atoms with Crippen molar-refractivity contribution in [2.45, 2.75) is 51.6 Å². The highest BCUT2D eigenvalue weighted by Crippen LogP contribution is 2.42. The Bertz CT molecular complexity index is 1370. The van der Waals surface area contributed by atoms with Crippen molar-refractivity contribution in [3.8, 4) is 5.75 Å². The highest BCUT2D eigenvalue weighted by atomic mass is 35.5. The standard InChI is InChI=1S/C33H34Cl2FNO2/c1-2-32(38)24-9-13-28-23(19-24)5-3-6-30(29-14-10-25(34)20-31(29)35)33(28)22-7-11-26(12-8-22)39-27-15-18-37(21-27)17-4-16-36/h7-14,19-20,27H,2-6,15-18,21H2,1H3/t27-/m0/s1. The summed E-state index contributed by atoms with van der Waals surface area (Å²) in [6.45, 7) is 4.18. The number of aryl methyl sites for hydroxylation is 1. The number of allylic oxidation sites excluding steroid dienone is 1. The molecule has 1 saturated heterocycles. The molecule has 0 amide bonds. The summed E-state index contributed by atoms with van der Waals surface area (Å²) >= 11 is 13.0. The third-order valence-electron chi connectivity index (χ3n) is 7.73. The number of alkyl halides is 1. The van der Waals surface area contributed by atoms with Gasteiger partial charge in [-0.2, -0.15) is 0 Å². The largest absolute Gasteiger partial charge is 0.489 e. The molecule has 1 heterocycles. The predicted molar refractivity (Wildman–Crippen MR) is 159 cm³/mol. The fraction of sp³-hybridized carbons (Fsp3) is 0.364. The van der Waals surface area contributed by atoms with Crippen LogP contribution in [0.4, 0.5) is 4.39 Å². The number of hydrogen-bond donors (Lipinski definition) is 0. The lowest BCUT2D eigenvalue weighted by molar-refractivity contribution is 0.0988. The van der Waals surface area contributed by atoms with Gasteiger partial charge in [0.15, 0.2) is 5.78 Å². The van der Waals surface area contributed by atoms with Crippen LogP contribution in [0.15, 0.2) is 60.7 Å². The summed E-state index contributed by atoms with van der Waals surface area (Å²) in [5, 5.41) is 1.24. The molecule has 0 unspecified atom stereocenters. The van der Waals surface area contributed by atoms with Crippen molar-refractivity contribution in [3.63, 3.8) is 0 Å². The van der Waals surface area contributed by atoms with Crippen LogP contribution in [0.25, 0.3) is 11.1 Å². The van der Waals surface area contributed by atoms with E-state index in [0.717, 1.165) is 78.9 Å². The zero-order valence-corrected chi connectivity index (χ0v) is 23.8. The van der Waals surface area contributed by atoms with E-state index < -0.39 is 0 Å². The second-order valence-corrected chi connectivity index (χ2v) is 11.2. The van der Waals surface area contributed by atoms with E-state index in [2.05, 4.69) is 29.2 Å². The summed E-state index contributed by atoms with van der Waals surface area (Å²) in [7, 11) is 0. The van der Waals surface area contributed by atoms with Gasteiger partial charge >= 0.3 is 0 Å². The van der Waals surface area contributed by atoms with Crippen LogP contribution in [-0.4, -0.2) is 43.1 Å². The number of rotatable bonds is 9. The Morgan fingerprint density at radius 3 is 2.56 bits per heavy atom. The summed E-state index contributed by atoms with van der Waals surface area (Å²) in [6, 6.07) is 20.1. The van der Waals surface area contributed by atoms with Gasteiger partial charge < -0.3 is 4.74 Å². The monoisotopic (exact) mass is 565 g/mol. The average Bonchev–Trinajstić information content (AvgIpc) is 3.30. The number of Topliss-reactive ketones (excluding diaryl/α,β-unsaturated/α-hetero) is 1. The van der Waals surface area contributed by atoms with Gasteiger partial charge in [-0.3, -0.25) is 14.1 Å². The lowest BCUT2D eigenvalue weighted by atomic mass is 9.87. The lowest BCUT2D eigenvalue weighted by Crippen LogP contribution is -2.26. The maximum atomic E-state index is 12.6. The van der Waals surface area contributed by atoms with Crippen molar-refractivity contribution in [1.82, 2.24) is 4.90 Å². The molecule has 204 valence electrons. The average molecular weight is 567 g/mol. The van der Waals surface area contributed by atoms with Gasteiger partial charge in [0.1, 0.15) is 11.9 Å². The van der Waals surface area contributed by atoms with Crippen molar-refractivity contribution in [1.29, 1.82) is 0 Å². The van der Waals surface area contributed by atoms with E-state index in [1.54, 1.807) is 6.07 Å². The first-order valence-electron chi connectivity index (χ1n) is 13.9. The number of fused-ring (bicyclic) bond motifs is 1. The van der Waals surface area contributed by atoms with Crippen LogP contribution in [0.2, 0.25) is 10.0 Å². The van der Waals surface area contributed by atoms with Crippen LogP contribution in [-0.2, 0) is 6.42 Å². The molecule has 1 aliphatic carbocycles. The smallest absolute Gasteiger partial charge is 0.162 e. The topological polar surface area (TPSA) is 29.5 Å². The minimum absolute atomic E-state index is 0.117. The summed E-state index contributed by atoms with van der Waals surface area (Å²) in [6.07, 6.45) is 4.83. The quantitative estimate of drug-likeness (QED) is 0.243. The maximum absolute atomic E-state index is 12.6. The molecule has 0 radical (unpaired) electrons. The lowest BCUT2D eigenvalue weighted by Gasteiger charge is -2.19. The van der Waals surface area contributed by atoms with Gasteiger partial charge in [-0.25, -0.2) is 0 Å². The number of ether oxygens (including phenoxy) is 1. The number of hydrogen-bond acceptors (Lipinski definition) is 3. The second-order valence-electron chi connectivity index (χ2n) is 10.4.